The Morgan fingerprint density at radius 1 is 1.19 bits per heavy atom. The van der Waals surface area contributed by atoms with Gasteiger partial charge >= 0.3 is 6.18 Å². The molecule has 0 unspecified atom stereocenters. The van der Waals surface area contributed by atoms with Crippen LogP contribution >= 0.6 is 0 Å². The first-order valence-electron chi connectivity index (χ1n) is 5.26. The van der Waals surface area contributed by atoms with E-state index in [2.05, 4.69) is 6.58 Å². The largest absolute Gasteiger partial charge is 0.416 e. The molecule has 0 aliphatic rings. The van der Waals surface area contributed by atoms with Crippen molar-refractivity contribution in [2.24, 2.45) is 0 Å². The van der Waals surface area contributed by atoms with Crippen molar-refractivity contribution in [3.8, 4) is 0 Å². The zero-order valence-corrected chi connectivity index (χ0v) is 9.27. The number of benzene rings is 1. The third-order valence-corrected chi connectivity index (χ3v) is 2.55. The molecule has 1 aromatic carbocycles. The summed E-state index contributed by atoms with van der Waals surface area (Å²) in [4.78, 5) is 0. The summed E-state index contributed by atoms with van der Waals surface area (Å²) < 4.78 is 36.8. The molecule has 0 amide bonds. The van der Waals surface area contributed by atoms with E-state index in [0.717, 1.165) is 42.5 Å². The van der Waals surface area contributed by atoms with Crippen LogP contribution in [0, 0.1) is 0 Å². The van der Waals surface area contributed by atoms with E-state index in [1.54, 1.807) is 0 Å². The number of hydrogen-bond acceptors (Lipinski definition) is 0. The Morgan fingerprint density at radius 2 is 1.75 bits per heavy atom. The zero-order valence-electron chi connectivity index (χ0n) is 9.27. The predicted molar refractivity (Wildman–Crippen MR) is 59.2 cm³/mol. The molecule has 1 aromatic rings. The molecular formula is C13H15F3. The van der Waals surface area contributed by atoms with Gasteiger partial charge in [-0.2, -0.15) is 13.2 Å². The zero-order chi connectivity index (χ0) is 12.2. The van der Waals surface area contributed by atoms with E-state index in [4.69, 9.17) is 0 Å². The Hall–Kier alpha value is -1.25. The van der Waals surface area contributed by atoms with Crippen molar-refractivity contribution in [1.29, 1.82) is 0 Å². The highest BCUT2D eigenvalue weighted by atomic mass is 19.4. The van der Waals surface area contributed by atoms with Crippen molar-refractivity contribution in [2.75, 3.05) is 0 Å². The van der Waals surface area contributed by atoms with Crippen LogP contribution in [-0.2, 0) is 12.6 Å². The van der Waals surface area contributed by atoms with E-state index in [9.17, 15) is 13.2 Å². The minimum atomic E-state index is -4.24. The Balaban J connectivity index is 2.62. The molecule has 1 rings (SSSR count). The molecule has 0 atom stereocenters. The van der Waals surface area contributed by atoms with Crippen LogP contribution in [0.4, 0.5) is 13.2 Å². The summed E-state index contributed by atoms with van der Waals surface area (Å²) in [7, 11) is 0. The van der Waals surface area contributed by atoms with Gasteiger partial charge in [0, 0.05) is 0 Å². The Kier molecular flexibility index (Phi) is 4.16. The number of hydrogen-bond donors (Lipinski definition) is 0. The highest BCUT2D eigenvalue weighted by Gasteiger charge is 2.29. The first-order valence-corrected chi connectivity index (χ1v) is 5.26. The normalized spacial score (nSPS) is 11.5. The van der Waals surface area contributed by atoms with Crippen molar-refractivity contribution in [1.82, 2.24) is 0 Å². The van der Waals surface area contributed by atoms with Crippen LogP contribution in [0.2, 0.25) is 0 Å². The lowest BCUT2D eigenvalue weighted by molar-refractivity contribution is -0.137. The fourth-order valence-electron chi connectivity index (χ4n) is 1.36. The lowest BCUT2D eigenvalue weighted by atomic mass is 10.0. The monoisotopic (exact) mass is 228 g/mol. The van der Waals surface area contributed by atoms with Crippen LogP contribution in [0.5, 0.6) is 0 Å². The van der Waals surface area contributed by atoms with Crippen molar-refractivity contribution in [2.45, 2.75) is 32.4 Å². The number of alkyl halides is 3. The average Bonchev–Trinajstić information content (AvgIpc) is 2.25. The van der Waals surface area contributed by atoms with Crippen molar-refractivity contribution in [3.05, 3.63) is 47.5 Å². The van der Waals surface area contributed by atoms with Crippen molar-refractivity contribution < 1.29 is 13.2 Å². The van der Waals surface area contributed by atoms with Crippen LogP contribution in [0.15, 0.2) is 36.4 Å². The summed E-state index contributed by atoms with van der Waals surface area (Å²) in [5.41, 5.74) is 1.45. The van der Waals surface area contributed by atoms with Gasteiger partial charge in [0.15, 0.2) is 0 Å². The predicted octanol–water partition coefficient (Wildman–Crippen LogP) is 4.60. The maximum absolute atomic E-state index is 12.3. The van der Waals surface area contributed by atoms with E-state index in [1.807, 2.05) is 6.92 Å². The maximum Gasteiger partial charge on any atom is 0.416 e. The van der Waals surface area contributed by atoms with Gasteiger partial charge in [-0.25, -0.2) is 0 Å². The molecule has 0 saturated heterocycles. The van der Waals surface area contributed by atoms with Gasteiger partial charge in [0.1, 0.15) is 0 Å². The summed E-state index contributed by atoms with van der Waals surface area (Å²) in [5.74, 6) is 0. The Morgan fingerprint density at radius 3 is 2.19 bits per heavy atom. The lowest BCUT2D eigenvalue weighted by Crippen LogP contribution is -2.04. The Bertz CT molecular complexity index is 346. The third kappa shape index (κ3) is 3.72. The van der Waals surface area contributed by atoms with Crippen LogP contribution < -0.4 is 0 Å². The summed E-state index contributed by atoms with van der Waals surface area (Å²) in [5, 5.41) is 0. The van der Waals surface area contributed by atoms with Gasteiger partial charge in [-0.15, -0.1) is 0 Å². The number of aryl methyl sites for hydroxylation is 1. The molecule has 16 heavy (non-hydrogen) atoms. The third-order valence-electron chi connectivity index (χ3n) is 2.55. The topological polar surface area (TPSA) is 0 Å². The lowest BCUT2D eigenvalue weighted by Gasteiger charge is -2.08. The SMILES string of the molecule is C=C(CC)CCc1ccc(C(F)(F)F)cc1. The number of halogens is 3. The van der Waals surface area contributed by atoms with E-state index >= 15 is 0 Å². The second-order valence-corrected chi connectivity index (χ2v) is 3.80. The van der Waals surface area contributed by atoms with Gasteiger partial charge in [0.25, 0.3) is 0 Å². The maximum atomic E-state index is 12.3. The van der Waals surface area contributed by atoms with Crippen LogP contribution in [0.3, 0.4) is 0 Å². The average molecular weight is 228 g/mol. The highest BCUT2D eigenvalue weighted by Crippen LogP contribution is 2.29. The number of rotatable bonds is 4. The van der Waals surface area contributed by atoms with Crippen molar-refractivity contribution in [3.63, 3.8) is 0 Å². The molecule has 0 bridgehead atoms. The summed E-state index contributed by atoms with van der Waals surface area (Å²) in [6.45, 7) is 5.89. The molecule has 0 nitrogen and oxygen atoms in total. The number of allylic oxidation sites excluding steroid dienone is 1. The van der Waals surface area contributed by atoms with Crippen molar-refractivity contribution >= 4 is 0 Å². The summed E-state index contributed by atoms with van der Waals surface area (Å²) >= 11 is 0. The van der Waals surface area contributed by atoms with Gasteiger partial charge in [0.05, 0.1) is 5.56 Å². The molecule has 0 radical (unpaired) electrons. The Labute approximate surface area is 93.8 Å². The molecule has 0 N–H and O–H groups in total. The standard InChI is InChI=1S/C13H15F3/c1-3-10(2)4-5-11-6-8-12(9-7-11)13(14,15)16/h6-9H,2-5H2,1H3. The summed E-state index contributed by atoms with van der Waals surface area (Å²) in [6, 6.07) is 5.33. The van der Waals surface area contributed by atoms with E-state index in [1.165, 1.54) is 12.1 Å². The van der Waals surface area contributed by atoms with Gasteiger partial charge in [-0.05, 0) is 37.0 Å². The first-order chi connectivity index (χ1) is 7.43. The molecule has 0 aliphatic carbocycles. The molecule has 0 spiro atoms. The molecule has 0 saturated carbocycles. The van der Waals surface area contributed by atoms with E-state index in [0.29, 0.717) is 0 Å². The van der Waals surface area contributed by atoms with Crippen LogP contribution in [0.25, 0.3) is 0 Å². The quantitative estimate of drug-likeness (QED) is 0.660. The molecule has 0 heterocycles. The molecule has 0 fully saturated rings. The van der Waals surface area contributed by atoms with E-state index < -0.39 is 11.7 Å². The second kappa shape index (κ2) is 5.19. The highest BCUT2D eigenvalue weighted by molar-refractivity contribution is 5.25. The second-order valence-electron chi connectivity index (χ2n) is 3.80. The van der Waals surface area contributed by atoms with E-state index in [-0.39, 0.29) is 0 Å². The van der Waals surface area contributed by atoms with Gasteiger partial charge < -0.3 is 0 Å². The molecule has 3 heteroatoms. The molecule has 0 aromatic heterocycles. The van der Waals surface area contributed by atoms with Gasteiger partial charge in [-0.3, -0.25) is 0 Å². The molecular weight excluding hydrogens is 213 g/mol. The van der Waals surface area contributed by atoms with Crippen LogP contribution in [-0.4, -0.2) is 0 Å². The smallest absolute Gasteiger partial charge is 0.166 e. The minimum Gasteiger partial charge on any atom is -0.166 e. The van der Waals surface area contributed by atoms with Gasteiger partial charge in [0.2, 0.25) is 0 Å². The molecule has 88 valence electrons. The first kappa shape index (κ1) is 12.8. The van der Waals surface area contributed by atoms with Crippen LogP contribution in [0.1, 0.15) is 30.9 Å². The fourth-order valence-corrected chi connectivity index (χ4v) is 1.36. The minimum absolute atomic E-state index is 0.592. The molecule has 0 aliphatic heterocycles. The fraction of sp³-hybridized carbons (Fsp3) is 0.385. The van der Waals surface area contributed by atoms with Gasteiger partial charge in [-0.1, -0.05) is 31.2 Å². The summed E-state index contributed by atoms with van der Waals surface area (Å²) in [6.07, 6.45) is -1.74.